The molecule has 7 rings (SSSR count). The first-order chi connectivity index (χ1) is 14.9. The van der Waals surface area contributed by atoms with E-state index in [9.17, 15) is 4.79 Å². The van der Waals surface area contributed by atoms with Crippen LogP contribution in [0.3, 0.4) is 0 Å². The molecule has 4 heteroatoms. The lowest BCUT2D eigenvalue weighted by Crippen LogP contribution is -2.47. The molecule has 4 aliphatic rings. The average Bonchev–Trinajstić information content (AvgIpc) is 3.11. The van der Waals surface area contributed by atoms with Gasteiger partial charge in [0.15, 0.2) is 0 Å². The maximum Gasteiger partial charge on any atom is 0.224 e. The van der Waals surface area contributed by atoms with Crippen LogP contribution in [0, 0.1) is 37.0 Å². The fourth-order valence-corrected chi connectivity index (χ4v) is 7.18. The number of amides is 1. The zero-order valence-electron chi connectivity index (χ0n) is 18.5. The first-order valence-corrected chi connectivity index (χ1v) is 11.8. The van der Waals surface area contributed by atoms with Crippen molar-refractivity contribution in [3.8, 4) is 11.3 Å². The lowest BCUT2D eigenvalue weighted by molar-refractivity contribution is -0.124. The lowest BCUT2D eigenvalue weighted by atomic mass is 9.49. The Morgan fingerprint density at radius 2 is 1.77 bits per heavy atom. The first-order valence-electron chi connectivity index (χ1n) is 11.8. The van der Waals surface area contributed by atoms with Crippen LogP contribution < -0.4 is 5.32 Å². The predicted molar refractivity (Wildman–Crippen MR) is 124 cm³/mol. The second-order valence-electron chi connectivity index (χ2n) is 10.8. The van der Waals surface area contributed by atoms with Crippen LogP contribution in [0.15, 0.2) is 42.7 Å². The Balaban J connectivity index is 1.23. The average molecular weight is 414 g/mol. The van der Waals surface area contributed by atoms with E-state index in [2.05, 4.69) is 55.7 Å². The second kappa shape index (κ2) is 6.94. The van der Waals surface area contributed by atoms with Gasteiger partial charge >= 0.3 is 0 Å². The van der Waals surface area contributed by atoms with Crippen molar-refractivity contribution in [3.05, 3.63) is 53.9 Å². The Kier molecular flexibility index (Phi) is 4.28. The van der Waals surface area contributed by atoms with E-state index in [1.165, 1.54) is 44.1 Å². The van der Waals surface area contributed by atoms with Gasteiger partial charge in [-0.2, -0.15) is 0 Å². The molecule has 2 aromatic heterocycles. The molecule has 1 aromatic carbocycles. The number of carbonyl (C=O) groups excluding carboxylic acids is 1. The summed E-state index contributed by atoms with van der Waals surface area (Å²) in [5.74, 6) is 2.82. The summed E-state index contributed by atoms with van der Waals surface area (Å²) in [5.41, 5.74) is 6.40. The molecule has 0 radical (unpaired) electrons. The van der Waals surface area contributed by atoms with Gasteiger partial charge in [0.25, 0.3) is 0 Å². The third-order valence-corrected chi connectivity index (χ3v) is 8.12. The standard InChI is InChI=1S/C27H31N3O/c1-17-5-6-30-16-24(28-25(30)7-17)22-4-3-18(2)23(11-22)29-26(31)15-27-12-19-8-20(13-27)10-21(9-19)14-27/h3-7,11,16,19-21H,8-10,12-15H2,1-2H3,(H,29,31). The van der Waals surface area contributed by atoms with Gasteiger partial charge in [0.05, 0.1) is 5.69 Å². The molecule has 4 saturated carbocycles. The second-order valence-corrected chi connectivity index (χ2v) is 10.8. The first kappa shape index (κ1) is 19.1. The van der Waals surface area contributed by atoms with Crippen molar-refractivity contribution < 1.29 is 4.79 Å². The number of pyridine rings is 1. The number of hydrogen-bond donors (Lipinski definition) is 1. The fourth-order valence-electron chi connectivity index (χ4n) is 7.18. The highest BCUT2D eigenvalue weighted by atomic mass is 16.1. The van der Waals surface area contributed by atoms with E-state index < -0.39 is 0 Å². The minimum Gasteiger partial charge on any atom is -0.326 e. The highest BCUT2D eigenvalue weighted by Gasteiger charge is 2.51. The minimum absolute atomic E-state index is 0.188. The molecule has 1 N–H and O–H groups in total. The van der Waals surface area contributed by atoms with Gasteiger partial charge in [-0.05, 0) is 105 Å². The Hall–Kier alpha value is -2.62. The summed E-state index contributed by atoms with van der Waals surface area (Å²) < 4.78 is 2.05. The molecular weight excluding hydrogens is 382 g/mol. The normalized spacial score (nSPS) is 28.9. The van der Waals surface area contributed by atoms with Crippen LogP contribution in [-0.2, 0) is 4.79 Å². The van der Waals surface area contributed by atoms with E-state index in [4.69, 9.17) is 4.98 Å². The highest BCUT2D eigenvalue weighted by molar-refractivity contribution is 5.92. The molecule has 0 aliphatic heterocycles. The number of nitrogens with one attached hydrogen (secondary N) is 1. The smallest absolute Gasteiger partial charge is 0.224 e. The topological polar surface area (TPSA) is 46.4 Å². The summed E-state index contributed by atoms with van der Waals surface area (Å²) >= 11 is 0. The number of imidazole rings is 1. The van der Waals surface area contributed by atoms with Crippen molar-refractivity contribution >= 4 is 17.2 Å². The van der Waals surface area contributed by atoms with Gasteiger partial charge in [-0.15, -0.1) is 0 Å². The van der Waals surface area contributed by atoms with Crippen molar-refractivity contribution in [2.24, 2.45) is 23.2 Å². The molecule has 0 atom stereocenters. The van der Waals surface area contributed by atoms with Crippen LogP contribution in [-0.4, -0.2) is 15.3 Å². The van der Waals surface area contributed by atoms with E-state index in [-0.39, 0.29) is 11.3 Å². The number of benzene rings is 1. The van der Waals surface area contributed by atoms with Gasteiger partial charge in [-0.1, -0.05) is 12.1 Å². The molecule has 4 fully saturated rings. The zero-order valence-corrected chi connectivity index (χ0v) is 18.5. The van der Waals surface area contributed by atoms with Crippen molar-refractivity contribution in [3.63, 3.8) is 0 Å². The predicted octanol–water partition coefficient (Wildman–Crippen LogP) is 6.16. The summed E-state index contributed by atoms with van der Waals surface area (Å²) in [4.78, 5) is 17.9. The number of aromatic nitrogens is 2. The van der Waals surface area contributed by atoms with Crippen molar-refractivity contribution in [2.45, 2.75) is 58.8 Å². The van der Waals surface area contributed by atoms with E-state index in [1.54, 1.807) is 0 Å². The molecular formula is C27H31N3O. The molecule has 4 nitrogen and oxygen atoms in total. The van der Waals surface area contributed by atoms with Crippen LogP contribution >= 0.6 is 0 Å². The number of anilines is 1. The highest BCUT2D eigenvalue weighted by Crippen LogP contribution is 2.61. The Morgan fingerprint density at radius 3 is 2.48 bits per heavy atom. The molecule has 3 aromatic rings. The third kappa shape index (κ3) is 3.46. The van der Waals surface area contributed by atoms with Crippen LogP contribution in [0.4, 0.5) is 5.69 Å². The molecule has 0 unspecified atom stereocenters. The van der Waals surface area contributed by atoms with Crippen LogP contribution in [0.25, 0.3) is 16.9 Å². The molecule has 4 aliphatic carbocycles. The number of nitrogens with zero attached hydrogens (tertiary/aromatic N) is 2. The molecule has 2 heterocycles. The molecule has 1 amide bonds. The Labute approximate surface area is 184 Å². The molecule has 31 heavy (non-hydrogen) atoms. The number of carbonyl (C=O) groups is 1. The van der Waals surface area contributed by atoms with Crippen molar-refractivity contribution in [1.82, 2.24) is 9.38 Å². The molecule has 0 saturated heterocycles. The van der Waals surface area contributed by atoms with Gasteiger partial charge < -0.3 is 9.72 Å². The van der Waals surface area contributed by atoms with E-state index >= 15 is 0 Å². The quantitative estimate of drug-likeness (QED) is 0.556. The Bertz CT molecular complexity index is 1140. The summed E-state index contributed by atoms with van der Waals surface area (Å²) in [7, 11) is 0. The maximum absolute atomic E-state index is 13.1. The molecule has 0 spiro atoms. The third-order valence-electron chi connectivity index (χ3n) is 8.12. The van der Waals surface area contributed by atoms with Gasteiger partial charge in [0.1, 0.15) is 5.65 Å². The summed E-state index contributed by atoms with van der Waals surface area (Å²) in [5, 5.41) is 3.26. The van der Waals surface area contributed by atoms with E-state index in [0.717, 1.165) is 45.9 Å². The van der Waals surface area contributed by atoms with Gasteiger partial charge in [0, 0.05) is 30.1 Å². The van der Waals surface area contributed by atoms with Crippen LogP contribution in [0.5, 0.6) is 0 Å². The molecule has 4 bridgehead atoms. The molecule has 160 valence electrons. The largest absolute Gasteiger partial charge is 0.326 e. The van der Waals surface area contributed by atoms with Crippen molar-refractivity contribution in [2.75, 3.05) is 5.32 Å². The van der Waals surface area contributed by atoms with Crippen LogP contribution in [0.1, 0.15) is 56.1 Å². The monoisotopic (exact) mass is 413 g/mol. The minimum atomic E-state index is 0.188. The summed E-state index contributed by atoms with van der Waals surface area (Å²) in [6.07, 6.45) is 12.9. The van der Waals surface area contributed by atoms with Crippen molar-refractivity contribution in [1.29, 1.82) is 0 Å². The summed E-state index contributed by atoms with van der Waals surface area (Å²) in [6.45, 7) is 4.15. The number of hydrogen-bond acceptors (Lipinski definition) is 2. The van der Waals surface area contributed by atoms with E-state index in [0.29, 0.717) is 6.42 Å². The number of aryl methyl sites for hydroxylation is 2. The maximum atomic E-state index is 13.1. The van der Waals surface area contributed by atoms with Gasteiger partial charge in [-0.3, -0.25) is 4.79 Å². The zero-order chi connectivity index (χ0) is 21.2. The number of fused-ring (bicyclic) bond motifs is 1. The summed E-state index contributed by atoms with van der Waals surface area (Å²) in [6, 6.07) is 10.4. The lowest BCUT2D eigenvalue weighted by Gasteiger charge is -2.56. The van der Waals surface area contributed by atoms with Gasteiger partial charge in [-0.25, -0.2) is 4.98 Å². The SMILES string of the molecule is Cc1ccn2cc(-c3ccc(C)c(NC(=O)CC45CC6CC(CC(C6)C4)C5)c3)nc2c1. The fraction of sp³-hybridized carbons (Fsp3) is 0.481. The number of rotatable bonds is 4. The van der Waals surface area contributed by atoms with E-state index in [1.807, 2.05) is 10.6 Å². The van der Waals surface area contributed by atoms with Gasteiger partial charge in [0.2, 0.25) is 5.91 Å². The Morgan fingerprint density at radius 1 is 1.06 bits per heavy atom. The van der Waals surface area contributed by atoms with Crippen LogP contribution in [0.2, 0.25) is 0 Å².